The molecule has 192 valence electrons. The molecule has 0 unspecified atom stereocenters. The third kappa shape index (κ3) is 5.79. The van der Waals surface area contributed by atoms with Crippen LogP contribution in [0.3, 0.4) is 0 Å². The summed E-state index contributed by atoms with van der Waals surface area (Å²) in [7, 11) is 0. The van der Waals surface area contributed by atoms with Crippen LogP contribution in [0.15, 0.2) is 66.9 Å². The molecule has 1 aliphatic heterocycles. The van der Waals surface area contributed by atoms with Crippen molar-refractivity contribution in [2.24, 2.45) is 0 Å². The van der Waals surface area contributed by atoms with E-state index < -0.39 is 0 Å². The number of nitrogen functional groups attached to an aromatic ring is 1. The van der Waals surface area contributed by atoms with Gasteiger partial charge in [0.05, 0.1) is 10.6 Å². The predicted molar refractivity (Wildman–Crippen MR) is 157 cm³/mol. The highest BCUT2D eigenvalue weighted by atomic mass is 35.5. The Kier molecular flexibility index (Phi) is 7.85. The van der Waals surface area contributed by atoms with E-state index in [0.29, 0.717) is 32.6 Å². The van der Waals surface area contributed by atoms with Gasteiger partial charge in [0.1, 0.15) is 5.82 Å². The number of piperazine rings is 1. The summed E-state index contributed by atoms with van der Waals surface area (Å²) in [6.45, 7) is 7.50. The molecule has 1 fully saturated rings. The summed E-state index contributed by atoms with van der Waals surface area (Å²) < 4.78 is 0. The Balaban J connectivity index is 1.28. The fourth-order valence-corrected chi connectivity index (χ4v) is 5.17. The summed E-state index contributed by atoms with van der Waals surface area (Å²) in [4.78, 5) is 22.1. The first-order chi connectivity index (χ1) is 18.4. The molecule has 0 spiro atoms. The van der Waals surface area contributed by atoms with Gasteiger partial charge in [0.15, 0.2) is 5.78 Å². The van der Waals surface area contributed by atoms with Gasteiger partial charge in [-0.15, -0.1) is 0 Å². The number of carbonyl (C=O) groups excluding carboxylic acids is 1. The minimum Gasteiger partial charge on any atom is -0.383 e. The van der Waals surface area contributed by atoms with Gasteiger partial charge in [-0.2, -0.15) is 0 Å². The van der Waals surface area contributed by atoms with Crippen LogP contribution < -0.4 is 10.6 Å². The molecule has 0 saturated carbocycles. The summed E-state index contributed by atoms with van der Waals surface area (Å²) in [5.41, 5.74) is 10.0. The van der Waals surface area contributed by atoms with E-state index in [1.165, 1.54) is 5.69 Å². The van der Waals surface area contributed by atoms with Gasteiger partial charge in [0.25, 0.3) is 0 Å². The van der Waals surface area contributed by atoms with Gasteiger partial charge in [0, 0.05) is 71.4 Å². The number of halogens is 2. The molecule has 38 heavy (non-hydrogen) atoms. The number of hydrogen-bond donors (Lipinski definition) is 1. The normalized spacial score (nSPS) is 13.8. The first kappa shape index (κ1) is 26.1. The molecule has 3 aromatic carbocycles. The largest absolute Gasteiger partial charge is 0.383 e. The van der Waals surface area contributed by atoms with Gasteiger partial charge in [-0.25, -0.2) is 4.98 Å². The lowest BCUT2D eigenvalue weighted by Gasteiger charge is -2.35. The SMILES string of the molecule is CCN1CCN(c2ccc(CC(=O)c3ccc(C#Cc4c(N)ncc5ccc(Cl)cc45)cc3Cl)cc2)CC1. The molecular formula is C31H28Cl2N4O. The lowest BCUT2D eigenvalue weighted by Crippen LogP contribution is -2.46. The van der Waals surface area contributed by atoms with E-state index in [9.17, 15) is 4.79 Å². The summed E-state index contributed by atoms with van der Waals surface area (Å²) >= 11 is 12.7. The van der Waals surface area contributed by atoms with Crippen molar-refractivity contribution >= 4 is 51.3 Å². The van der Waals surface area contributed by atoms with Gasteiger partial charge in [-0.05, 0) is 54.6 Å². The van der Waals surface area contributed by atoms with Gasteiger partial charge in [0.2, 0.25) is 0 Å². The highest BCUT2D eigenvalue weighted by Gasteiger charge is 2.16. The molecule has 2 N–H and O–H groups in total. The van der Waals surface area contributed by atoms with Crippen molar-refractivity contribution in [2.45, 2.75) is 13.3 Å². The average Bonchev–Trinajstić information content (AvgIpc) is 2.93. The van der Waals surface area contributed by atoms with Gasteiger partial charge in [-0.1, -0.05) is 60.2 Å². The third-order valence-electron chi connectivity index (χ3n) is 6.97. The number of rotatable bonds is 5. The molecule has 0 radical (unpaired) electrons. The summed E-state index contributed by atoms with van der Waals surface area (Å²) in [6.07, 6.45) is 1.98. The number of Topliss-reactive ketones (excluding diaryl/α,β-unsaturated/α-hetero) is 1. The van der Waals surface area contributed by atoms with Crippen molar-refractivity contribution < 1.29 is 4.79 Å². The molecule has 0 aliphatic carbocycles. The molecule has 0 bridgehead atoms. The molecule has 4 aromatic rings. The van der Waals surface area contributed by atoms with Crippen molar-refractivity contribution in [3.63, 3.8) is 0 Å². The number of ketones is 1. The minimum atomic E-state index is -0.0315. The highest BCUT2D eigenvalue weighted by molar-refractivity contribution is 6.34. The first-order valence-electron chi connectivity index (χ1n) is 12.7. The van der Waals surface area contributed by atoms with Crippen LogP contribution in [0, 0.1) is 11.8 Å². The molecule has 7 heteroatoms. The molecular weight excluding hydrogens is 515 g/mol. The van der Waals surface area contributed by atoms with E-state index in [-0.39, 0.29) is 12.2 Å². The monoisotopic (exact) mass is 542 g/mol. The fourth-order valence-electron chi connectivity index (χ4n) is 4.71. The maximum absolute atomic E-state index is 13.0. The molecule has 1 aromatic heterocycles. The lowest BCUT2D eigenvalue weighted by molar-refractivity contribution is 0.0993. The van der Waals surface area contributed by atoms with Gasteiger partial charge < -0.3 is 15.5 Å². The number of fused-ring (bicyclic) bond motifs is 1. The topological polar surface area (TPSA) is 62.5 Å². The van der Waals surface area contributed by atoms with Crippen LogP contribution in [0.5, 0.6) is 0 Å². The van der Waals surface area contributed by atoms with Crippen LogP contribution >= 0.6 is 23.2 Å². The maximum Gasteiger partial charge on any atom is 0.168 e. The van der Waals surface area contributed by atoms with Crippen molar-refractivity contribution in [2.75, 3.05) is 43.4 Å². The highest BCUT2D eigenvalue weighted by Crippen LogP contribution is 2.26. The van der Waals surface area contributed by atoms with Crippen molar-refractivity contribution in [3.05, 3.63) is 99.2 Å². The zero-order valence-electron chi connectivity index (χ0n) is 21.2. The Labute approximate surface area is 233 Å². The second-order valence-electron chi connectivity index (χ2n) is 9.38. The standard InChI is InChI=1S/C31H28Cl2N4O/c1-2-36-13-15-37(16-14-36)25-9-3-22(4-10-25)18-30(38)27-12-6-21(17-29(27)33)5-11-26-28-19-24(32)8-7-23(28)20-35-31(26)34/h3-4,6-10,12,17,19-20H,2,13-16,18H2,1H3,(H2,34,35). The smallest absolute Gasteiger partial charge is 0.168 e. The number of anilines is 2. The van der Waals surface area contributed by atoms with Crippen molar-refractivity contribution in [3.8, 4) is 11.8 Å². The van der Waals surface area contributed by atoms with E-state index in [4.69, 9.17) is 28.9 Å². The zero-order valence-corrected chi connectivity index (χ0v) is 22.7. The van der Waals surface area contributed by atoms with Crippen molar-refractivity contribution in [1.29, 1.82) is 0 Å². The Morgan fingerprint density at radius 3 is 2.45 bits per heavy atom. The Morgan fingerprint density at radius 1 is 0.974 bits per heavy atom. The Morgan fingerprint density at radius 2 is 1.74 bits per heavy atom. The molecule has 0 atom stereocenters. The summed E-state index contributed by atoms with van der Waals surface area (Å²) in [5, 5.41) is 2.71. The molecule has 1 aliphatic rings. The van der Waals surface area contributed by atoms with Gasteiger partial charge >= 0.3 is 0 Å². The number of pyridine rings is 1. The minimum absolute atomic E-state index is 0.0315. The molecule has 5 nitrogen and oxygen atoms in total. The van der Waals surface area contributed by atoms with Crippen LogP contribution in [0.4, 0.5) is 11.5 Å². The number of likely N-dealkylation sites (N-methyl/N-ethyl adjacent to an activating group) is 1. The number of aromatic nitrogens is 1. The zero-order chi connectivity index (χ0) is 26.6. The van der Waals surface area contributed by atoms with E-state index in [2.05, 4.69) is 45.7 Å². The van der Waals surface area contributed by atoms with Crippen LogP contribution in [0.2, 0.25) is 10.0 Å². The average molecular weight is 543 g/mol. The number of benzene rings is 3. The Bertz CT molecular complexity index is 1540. The number of carbonyl (C=O) groups is 1. The second-order valence-corrected chi connectivity index (χ2v) is 10.2. The van der Waals surface area contributed by atoms with E-state index in [1.54, 1.807) is 30.5 Å². The maximum atomic E-state index is 13.0. The molecule has 1 saturated heterocycles. The molecule has 5 rings (SSSR count). The van der Waals surface area contributed by atoms with Crippen molar-refractivity contribution in [1.82, 2.24) is 9.88 Å². The van der Waals surface area contributed by atoms with Crippen LogP contribution in [0.1, 0.15) is 34.0 Å². The first-order valence-corrected chi connectivity index (χ1v) is 13.4. The summed E-state index contributed by atoms with van der Waals surface area (Å²) in [6, 6.07) is 19.0. The van der Waals surface area contributed by atoms with E-state index >= 15 is 0 Å². The molecule has 2 heterocycles. The van der Waals surface area contributed by atoms with Crippen LogP contribution in [-0.4, -0.2) is 48.4 Å². The summed E-state index contributed by atoms with van der Waals surface area (Å²) in [5.74, 6) is 6.51. The number of nitrogens with two attached hydrogens (primary N) is 1. The third-order valence-corrected chi connectivity index (χ3v) is 7.52. The fraction of sp³-hybridized carbons (Fsp3) is 0.226. The quantitative estimate of drug-likeness (QED) is 0.244. The number of hydrogen-bond acceptors (Lipinski definition) is 5. The second kappa shape index (κ2) is 11.4. The number of nitrogens with zero attached hydrogens (tertiary/aromatic N) is 3. The predicted octanol–water partition coefficient (Wildman–Crippen LogP) is 6.09. The lowest BCUT2D eigenvalue weighted by atomic mass is 10.0. The van der Waals surface area contributed by atoms with E-state index in [1.807, 2.05) is 24.3 Å². The van der Waals surface area contributed by atoms with Crippen LogP contribution in [-0.2, 0) is 6.42 Å². The van der Waals surface area contributed by atoms with E-state index in [0.717, 1.165) is 49.1 Å². The Hall–Kier alpha value is -3.56. The van der Waals surface area contributed by atoms with Crippen LogP contribution in [0.25, 0.3) is 10.8 Å². The molecule has 0 amide bonds. The van der Waals surface area contributed by atoms with Gasteiger partial charge in [-0.3, -0.25) is 4.79 Å².